The van der Waals surface area contributed by atoms with Crippen LogP contribution in [0.3, 0.4) is 0 Å². The Balaban J connectivity index is 2.08. The van der Waals surface area contributed by atoms with Gasteiger partial charge in [-0.3, -0.25) is 10.3 Å². The molecule has 1 aliphatic rings. The molecule has 20 heavy (non-hydrogen) atoms. The van der Waals surface area contributed by atoms with Gasteiger partial charge < -0.3 is 5.11 Å². The molecule has 0 radical (unpaired) electrons. The molecule has 3 rings (SSSR count). The molecule has 0 fully saturated rings. The molecule has 1 aromatic carbocycles. The molecule has 0 aliphatic carbocycles. The first kappa shape index (κ1) is 12.6. The van der Waals surface area contributed by atoms with Gasteiger partial charge in [0.1, 0.15) is 17.3 Å². The van der Waals surface area contributed by atoms with E-state index in [0.29, 0.717) is 24.4 Å². The molecule has 1 aliphatic heterocycles. The Morgan fingerprint density at radius 1 is 1.00 bits per heavy atom. The van der Waals surface area contributed by atoms with E-state index < -0.39 is 0 Å². The smallest absolute Gasteiger partial charge is 0.279 e. The lowest BCUT2D eigenvalue weighted by Crippen LogP contribution is -3.08. The molecular formula is C16H16N3O+. The minimum absolute atomic E-state index is 0.0383. The number of allylic oxidation sites excluding steroid dienone is 1. The summed E-state index contributed by atoms with van der Waals surface area (Å²) in [7, 11) is 0. The van der Waals surface area contributed by atoms with Gasteiger partial charge in [-0.05, 0) is 12.1 Å². The Kier molecular flexibility index (Phi) is 3.31. The standard InChI is InChI=1S/C16H15N3O/c17-14-9-12-19(13-7-3-1-4-8-13)16(20)15(14)18-10-5-2-6-11-18/h1-8,10-11H,9,12H2,(H-,17,20)/p+1. The lowest BCUT2D eigenvalue weighted by Gasteiger charge is -2.28. The highest BCUT2D eigenvalue weighted by molar-refractivity contribution is 6.13. The Hall–Kier alpha value is -2.46. The highest BCUT2D eigenvalue weighted by atomic mass is 16.3. The summed E-state index contributed by atoms with van der Waals surface area (Å²) in [6.45, 7) is 0.637. The summed E-state index contributed by atoms with van der Waals surface area (Å²) in [4.78, 5) is 0.799. The molecule has 2 aromatic rings. The van der Waals surface area contributed by atoms with E-state index in [0.717, 1.165) is 10.6 Å². The van der Waals surface area contributed by atoms with Gasteiger partial charge in [0.15, 0.2) is 12.4 Å². The number of para-hydroxylation sites is 1. The molecule has 0 bridgehead atoms. The average Bonchev–Trinajstić information content (AvgIpc) is 2.49. The summed E-state index contributed by atoms with van der Waals surface area (Å²) < 4.78 is 1.74. The number of nitrogens with one attached hydrogen (secondary N) is 2. The van der Waals surface area contributed by atoms with E-state index in [2.05, 4.69) is 0 Å². The molecule has 0 saturated carbocycles. The fourth-order valence-corrected chi connectivity index (χ4v) is 2.50. The van der Waals surface area contributed by atoms with Gasteiger partial charge in [0.2, 0.25) is 0 Å². The minimum atomic E-state index is -0.0383. The SMILES string of the molecule is N=C1CC[NH+](c2ccccc2)C([O-])=C1[n+]1ccccc1. The van der Waals surface area contributed by atoms with Gasteiger partial charge in [0.05, 0.1) is 6.54 Å². The fourth-order valence-electron chi connectivity index (χ4n) is 2.50. The molecule has 2 N–H and O–H groups in total. The molecule has 4 nitrogen and oxygen atoms in total. The molecule has 0 spiro atoms. The highest BCUT2D eigenvalue weighted by Crippen LogP contribution is 2.09. The molecule has 0 amide bonds. The van der Waals surface area contributed by atoms with Crippen molar-refractivity contribution in [1.82, 2.24) is 0 Å². The number of hydrogen-bond donors (Lipinski definition) is 2. The maximum atomic E-state index is 12.7. The van der Waals surface area contributed by atoms with E-state index in [9.17, 15) is 5.11 Å². The van der Waals surface area contributed by atoms with Crippen LogP contribution >= 0.6 is 0 Å². The van der Waals surface area contributed by atoms with Crippen molar-refractivity contribution in [3.8, 4) is 0 Å². The summed E-state index contributed by atoms with van der Waals surface area (Å²) in [5.74, 6) is -0.0383. The second kappa shape index (κ2) is 5.27. The van der Waals surface area contributed by atoms with Gasteiger partial charge in [-0.1, -0.05) is 24.3 Å². The number of hydrogen-bond acceptors (Lipinski definition) is 2. The predicted molar refractivity (Wildman–Crippen MR) is 74.1 cm³/mol. The summed E-state index contributed by atoms with van der Waals surface area (Å²) in [6.07, 6.45) is 4.23. The third-order valence-electron chi connectivity index (χ3n) is 3.50. The van der Waals surface area contributed by atoms with Crippen molar-refractivity contribution < 1.29 is 14.6 Å². The van der Waals surface area contributed by atoms with Crippen LogP contribution < -0.4 is 14.6 Å². The zero-order valence-electron chi connectivity index (χ0n) is 11.0. The monoisotopic (exact) mass is 266 g/mol. The maximum Gasteiger partial charge on any atom is 0.279 e. The van der Waals surface area contributed by atoms with Crippen LogP contribution in [0.1, 0.15) is 6.42 Å². The summed E-state index contributed by atoms with van der Waals surface area (Å²) in [5.41, 5.74) is 1.83. The summed E-state index contributed by atoms with van der Waals surface area (Å²) in [5, 5.41) is 20.8. The normalized spacial score (nSPS) is 19.2. The van der Waals surface area contributed by atoms with Gasteiger partial charge in [0.25, 0.3) is 5.70 Å². The lowest BCUT2D eigenvalue weighted by atomic mass is 10.1. The molecule has 0 saturated heterocycles. The summed E-state index contributed by atoms with van der Waals surface area (Å²) in [6, 6.07) is 15.3. The number of pyridine rings is 1. The Morgan fingerprint density at radius 3 is 2.35 bits per heavy atom. The second-order valence-corrected chi connectivity index (χ2v) is 4.78. The van der Waals surface area contributed by atoms with Gasteiger partial charge in [-0.15, -0.1) is 0 Å². The number of rotatable bonds is 2. The van der Waals surface area contributed by atoms with E-state index in [1.807, 2.05) is 60.9 Å². The predicted octanol–water partition coefficient (Wildman–Crippen LogP) is 0.101. The number of aromatic nitrogens is 1. The van der Waals surface area contributed by atoms with Gasteiger partial charge >= 0.3 is 0 Å². The van der Waals surface area contributed by atoms with E-state index in [1.165, 1.54) is 0 Å². The van der Waals surface area contributed by atoms with Crippen LogP contribution in [0.2, 0.25) is 0 Å². The Bertz CT molecular complexity index is 650. The van der Waals surface area contributed by atoms with Crippen LogP contribution in [0, 0.1) is 5.41 Å². The topological polar surface area (TPSA) is 55.2 Å². The number of benzene rings is 1. The van der Waals surface area contributed by atoms with Gasteiger partial charge in [-0.2, -0.15) is 4.57 Å². The minimum Gasteiger partial charge on any atom is -0.826 e. The largest absolute Gasteiger partial charge is 0.826 e. The van der Waals surface area contributed by atoms with E-state index in [1.54, 1.807) is 4.57 Å². The number of quaternary nitrogens is 1. The van der Waals surface area contributed by atoms with Gasteiger partial charge in [-0.25, -0.2) is 0 Å². The van der Waals surface area contributed by atoms with Gasteiger partial charge in [0, 0.05) is 18.6 Å². The van der Waals surface area contributed by atoms with Crippen LogP contribution in [0.5, 0.6) is 0 Å². The Labute approximate surface area is 117 Å². The quantitative estimate of drug-likeness (QED) is 0.744. The fraction of sp³-hybridized carbons (Fsp3) is 0.125. The van der Waals surface area contributed by atoms with Crippen molar-refractivity contribution in [3.63, 3.8) is 0 Å². The van der Waals surface area contributed by atoms with Crippen molar-refractivity contribution in [3.05, 3.63) is 66.8 Å². The van der Waals surface area contributed by atoms with E-state index in [4.69, 9.17) is 5.41 Å². The first-order chi connectivity index (χ1) is 9.77. The molecule has 1 unspecified atom stereocenters. The van der Waals surface area contributed by atoms with Crippen LogP contribution in [-0.2, 0) is 0 Å². The number of nitrogens with zero attached hydrogens (tertiary/aromatic N) is 1. The van der Waals surface area contributed by atoms with Crippen LogP contribution in [0.25, 0.3) is 5.70 Å². The second-order valence-electron chi connectivity index (χ2n) is 4.78. The third kappa shape index (κ3) is 2.21. The van der Waals surface area contributed by atoms with Crippen molar-refractivity contribution in [2.75, 3.05) is 6.54 Å². The van der Waals surface area contributed by atoms with Crippen LogP contribution in [0.4, 0.5) is 5.69 Å². The zero-order chi connectivity index (χ0) is 13.9. The maximum absolute atomic E-state index is 12.7. The molecular weight excluding hydrogens is 250 g/mol. The first-order valence-electron chi connectivity index (χ1n) is 6.65. The molecule has 4 heteroatoms. The molecule has 1 atom stereocenters. The van der Waals surface area contributed by atoms with Crippen molar-refractivity contribution in [2.24, 2.45) is 0 Å². The summed E-state index contributed by atoms with van der Waals surface area (Å²) >= 11 is 0. The lowest BCUT2D eigenvalue weighted by molar-refractivity contribution is -0.853. The zero-order valence-corrected chi connectivity index (χ0v) is 11.0. The Morgan fingerprint density at radius 2 is 1.65 bits per heavy atom. The van der Waals surface area contributed by atoms with E-state index >= 15 is 0 Å². The van der Waals surface area contributed by atoms with Crippen molar-refractivity contribution in [2.45, 2.75) is 6.42 Å². The molecule has 2 heterocycles. The third-order valence-corrected chi connectivity index (χ3v) is 3.50. The van der Waals surface area contributed by atoms with Crippen LogP contribution in [-0.4, -0.2) is 12.3 Å². The first-order valence-corrected chi connectivity index (χ1v) is 6.65. The molecule has 1 aromatic heterocycles. The van der Waals surface area contributed by atoms with Crippen molar-refractivity contribution in [1.29, 1.82) is 5.41 Å². The molecule has 100 valence electrons. The average molecular weight is 266 g/mol. The van der Waals surface area contributed by atoms with E-state index in [-0.39, 0.29) is 5.88 Å². The van der Waals surface area contributed by atoms with Crippen molar-refractivity contribution >= 4 is 17.1 Å². The van der Waals surface area contributed by atoms with Crippen LogP contribution in [0.15, 0.2) is 66.8 Å². The highest BCUT2D eigenvalue weighted by Gasteiger charge is 2.30.